The quantitative estimate of drug-likeness (QED) is 0.702. The van der Waals surface area contributed by atoms with Crippen molar-refractivity contribution < 1.29 is 9.53 Å². The number of carbonyl (C=O) groups excluding carboxylic acids is 1. The average molecular weight is 388 g/mol. The lowest BCUT2D eigenvalue weighted by Gasteiger charge is -2.27. The monoisotopic (exact) mass is 388 g/mol. The van der Waals surface area contributed by atoms with E-state index >= 15 is 0 Å². The number of nitrogens with one attached hydrogen (secondary N) is 1. The second-order valence-corrected chi connectivity index (χ2v) is 7.08. The number of aromatic nitrogens is 2. The minimum Gasteiger partial charge on any atom is -0.497 e. The molecule has 6 heteroatoms. The van der Waals surface area contributed by atoms with E-state index in [0.717, 1.165) is 30.2 Å². The van der Waals surface area contributed by atoms with Crippen molar-refractivity contribution in [2.45, 2.75) is 19.3 Å². The topological polar surface area (TPSA) is 67.3 Å². The van der Waals surface area contributed by atoms with Crippen LogP contribution in [0, 0.1) is 0 Å². The molecule has 0 saturated carbocycles. The summed E-state index contributed by atoms with van der Waals surface area (Å²) in [6.07, 6.45) is 5.26. The molecular weight excluding hydrogens is 364 g/mol. The number of rotatable bonds is 5. The number of piperidine rings is 1. The van der Waals surface area contributed by atoms with E-state index in [1.165, 1.54) is 19.3 Å². The Morgan fingerprint density at radius 1 is 1.00 bits per heavy atom. The molecule has 29 heavy (non-hydrogen) atoms. The van der Waals surface area contributed by atoms with Crippen molar-refractivity contribution in [3.8, 4) is 17.0 Å². The molecule has 0 bridgehead atoms. The highest BCUT2D eigenvalue weighted by molar-refractivity contribution is 6.05. The second-order valence-electron chi connectivity index (χ2n) is 7.08. The minimum atomic E-state index is -0.176. The first-order valence-corrected chi connectivity index (χ1v) is 9.86. The van der Waals surface area contributed by atoms with E-state index in [2.05, 4.69) is 20.2 Å². The molecule has 148 valence electrons. The number of benzene rings is 2. The number of nitrogens with zero attached hydrogens (tertiary/aromatic N) is 3. The number of methoxy groups -OCH3 is 1. The molecule has 1 aromatic heterocycles. The number of hydrogen-bond acceptors (Lipinski definition) is 5. The Morgan fingerprint density at radius 2 is 1.83 bits per heavy atom. The highest BCUT2D eigenvalue weighted by atomic mass is 16.5. The molecule has 4 rings (SSSR count). The molecular formula is C23H24N4O2. The molecule has 0 aliphatic carbocycles. The van der Waals surface area contributed by atoms with Gasteiger partial charge in [0.15, 0.2) is 0 Å². The highest BCUT2D eigenvalue weighted by Gasteiger charge is 2.14. The first-order valence-electron chi connectivity index (χ1n) is 9.86. The van der Waals surface area contributed by atoms with Gasteiger partial charge in [-0.2, -0.15) is 0 Å². The summed E-state index contributed by atoms with van der Waals surface area (Å²) in [6, 6.07) is 16.8. The van der Waals surface area contributed by atoms with Crippen LogP contribution in [-0.2, 0) is 0 Å². The van der Waals surface area contributed by atoms with Crippen LogP contribution in [0.1, 0.15) is 29.6 Å². The number of amides is 1. The van der Waals surface area contributed by atoms with Crippen molar-refractivity contribution in [2.24, 2.45) is 0 Å². The molecule has 2 heterocycles. The Balaban J connectivity index is 1.54. The van der Waals surface area contributed by atoms with Crippen molar-refractivity contribution in [3.05, 3.63) is 66.5 Å². The number of ether oxygens (including phenoxy) is 1. The number of hydrogen-bond donors (Lipinski definition) is 1. The fourth-order valence-corrected chi connectivity index (χ4v) is 3.52. The van der Waals surface area contributed by atoms with Crippen LogP contribution in [0.25, 0.3) is 11.3 Å². The van der Waals surface area contributed by atoms with Crippen LogP contribution >= 0.6 is 0 Å². The summed E-state index contributed by atoms with van der Waals surface area (Å²) in [4.78, 5) is 23.9. The maximum Gasteiger partial charge on any atom is 0.255 e. The van der Waals surface area contributed by atoms with E-state index in [4.69, 9.17) is 4.74 Å². The minimum absolute atomic E-state index is 0.176. The van der Waals surface area contributed by atoms with Crippen molar-refractivity contribution in [1.82, 2.24) is 9.97 Å². The molecule has 2 aromatic carbocycles. The lowest BCUT2D eigenvalue weighted by Crippen LogP contribution is -2.30. The summed E-state index contributed by atoms with van der Waals surface area (Å²) < 4.78 is 5.21. The van der Waals surface area contributed by atoms with Gasteiger partial charge in [0.2, 0.25) is 0 Å². The lowest BCUT2D eigenvalue weighted by atomic mass is 10.1. The van der Waals surface area contributed by atoms with Gasteiger partial charge in [-0.15, -0.1) is 0 Å². The largest absolute Gasteiger partial charge is 0.497 e. The molecule has 1 saturated heterocycles. The molecule has 0 radical (unpaired) electrons. The molecule has 1 amide bonds. The Kier molecular flexibility index (Phi) is 5.70. The summed E-state index contributed by atoms with van der Waals surface area (Å²) >= 11 is 0. The number of carbonyl (C=O) groups is 1. The molecule has 3 aromatic rings. The first kappa shape index (κ1) is 18.9. The summed E-state index contributed by atoms with van der Waals surface area (Å²) in [5.74, 6) is 1.47. The van der Waals surface area contributed by atoms with Crippen LogP contribution < -0.4 is 15.0 Å². The van der Waals surface area contributed by atoms with Gasteiger partial charge in [0.1, 0.15) is 17.9 Å². The van der Waals surface area contributed by atoms with Gasteiger partial charge >= 0.3 is 0 Å². The number of anilines is 2. The zero-order valence-electron chi connectivity index (χ0n) is 16.5. The summed E-state index contributed by atoms with van der Waals surface area (Å²) in [5.41, 5.74) is 2.97. The van der Waals surface area contributed by atoms with Crippen LogP contribution in [0.3, 0.4) is 0 Å². The Morgan fingerprint density at radius 3 is 2.66 bits per heavy atom. The smallest absolute Gasteiger partial charge is 0.255 e. The highest BCUT2D eigenvalue weighted by Crippen LogP contribution is 2.24. The molecule has 0 spiro atoms. The third-order valence-corrected chi connectivity index (χ3v) is 5.08. The van der Waals surface area contributed by atoms with Crippen LogP contribution in [0.5, 0.6) is 5.75 Å². The zero-order chi connectivity index (χ0) is 20.1. The van der Waals surface area contributed by atoms with Crippen LogP contribution in [0.15, 0.2) is 60.9 Å². The maximum absolute atomic E-state index is 12.7. The van der Waals surface area contributed by atoms with Gasteiger partial charge in [-0.1, -0.05) is 18.2 Å². The predicted octanol–water partition coefficient (Wildman–Crippen LogP) is 4.39. The third-order valence-electron chi connectivity index (χ3n) is 5.08. The van der Waals surface area contributed by atoms with Gasteiger partial charge in [0.25, 0.3) is 5.91 Å². The van der Waals surface area contributed by atoms with Gasteiger partial charge in [-0.3, -0.25) is 4.79 Å². The fourth-order valence-electron chi connectivity index (χ4n) is 3.52. The average Bonchev–Trinajstić information content (AvgIpc) is 2.80. The first-order chi connectivity index (χ1) is 14.2. The van der Waals surface area contributed by atoms with Crippen LogP contribution in [-0.4, -0.2) is 36.1 Å². The zero-order valence-corrected chi connectivity index (χ0v) is 16.5. The Bertz CT molecular complexity index is 999. The van der Waals surface area contributed by atoms with Crippen molar-refractivity contribution in [1.29, 1.82) is 0 Å². The summed E-state index contributed by atoms with van der Waals surface area (Å²) in [7, 11) is 1.60. The van der Waals surface area contributed by atoms with E-state index in [1.54, 1.807) is 25.6 Å². The van der Waals surface area contributed by atoms with Gasteiger partial charge in [-0.25, -0.2) is 9.97 Å². The summed E-state index contributed by atoms with van der Waals surface area (Å²) in [6.45, 7) is 2.05. The molecule has 1 fully saturated rings. The second kappa shape index (κ2) is 8.73. The maximum atomic E-state index is 12.7. The van der Waals surface area contributed by atoms with E-state index in [9.17, 15) is 4.79 Å². The third kappa shape index (κ3) is 4.54. The molecule has 0 unspecified atom stereocenters. The van der Waals surface area contributed by atoms with Crippen LogP contribution in [0.2, 0.25) is 0 Å². The predicted molar refractivity (Wildman–Crippen MR) is 114 cm³/mol. The normalized spacial score (nSPS) is 13.8. The van der Waals surface area contributed by atoms with Crippen molar-refractivity contribution in [2.75, 3.05) is 30.4 Å². The van der Waals surface area contributed by atoms with Crippen molar-refractivity contribution >= 4 is 17.4 Å². The van der Waals surface area contributed by atoms with Gasteiger partial charge < -0.3 is 15.0 Å². The van der Waals surface area contributed by atoms with Gasteiger partial charge in [0.05, 0.1) is 12.8 Å². The Hall–Kier alpha value is -3.41. The fraction of sp³-hybridized carbons (Fsp3) is 0.261. The molecule has 1 aliphatic heterocycles. The van der Waals surface area contributed by atoms with Gasteiger partial charge in [-0.05, 0) is 43.5 Å². The van der Waals surface area contributed by atoms with E-state index in [0.29, 0.717) is 17.0 Å². The summed E-state index contributed by atoms with van der Waals surface area (Å²) in [5, 5.41) is 2.91. The lowest BCUT2D eigenvalue weighted by molar-refractivity contribution is 0.102. The van der Waals surface area contributed by atoms with E-state index < -0.39 is 0 Å². The van der Waals surface area contributed by atoms with Gasteiger partial charge in [0, 0.05) is 42.0 Å². The molecule has 1 aliphatic rings. The standard InChI is InChI=1S/C23H24N4O2/c1-29-20-10-6-9-19(14-20)26-23(28)18-8-5-7-17(13-18)21-15-22(25-16-24-21)27-11-3-2-4-12-27/h5-10,13-16H,2-4,11-12H2,1H3,(H,26,28). The Labute approximate surface area is 170 Å². The van der Waals surface area contributed by atoms with Crippen LogP contribution in [0.4, 0.5) is 11.5 Å². The molecule has 0 atom stereocenters. The molecule has 6 nitrogen and oxygen atoms in total. The van der Waals surface area contributed by atoms with E-state index in [1.807, 2.05) is 42.5 Å². The SMILES string of the molecule is COc1cccc(NC(=O)c2cccc(-c3cc(N4CCCCC4)ncn3)c2)c1. The molecule has 1 N–H and O–H groups in total. The van der Waals surface area contributed by atoms with Crippen molar-refractivity contribution in [3.63, 3.8) is 0 Å². The van der Waals surface area contributed by atoms with E-state index in [-0.39, 0.29) is 5.91 Å².